The number of nitrogens with one attached hydrogen (secondary N) is 1. The third-order valence-electron chi connectivity index (χ3n) is 3.82. The summed E-state index contributed by atoms with van der Waals surface area (Å²) in [5.41, 5.74) is 1.03. The Labute approximate surface area is 128 Å². The Morgan fingerprint density at radius 2 is 2.24 bits per heavy atom. The molecular weight excluding hydrogens is 295 g/mol. The van der Waals surface area contributed by atoms with Crippen LogP contribution in [0.1, 0.15) is 30.9 Å². The van der Waals surface area contributed by atoms with Gasteiger partial charge >= 0.3 is 0 Å². The van der Waals surface area contributed by atoms with Crippen molar-refractivity contribution in [3.8, 4) is 0 Å². The highest BCUT2D eigenvalue weighted by molar-refractivity contribution is 6.32. The molecule has 0 saturated carbocycles. The maximum Gasteiger partial charge on any atom is 0.243 e. The highest BCUT2D eigenvalue weighted by Crippen LogP contribution is 2.23. The number of nitrogens with zero attached hydrogens (tertiary/aromatic N) is 1. The molecule has 4 nitrogen and oxygen atoms in total. The molecule has 6 heteroatoms. The summed E-state index contributed by atoms with van der Waals surface area (Å²) < 4.78 is 13.3. The summed E-state index contributed by atoms with van der Waals surface area (Å²) in [5, 5.41) is 3.10. The summed E-state index contributed by atoms with van der Waals surface area (Å²) in [7, 11) is 0. The fourth-order valence-electron chi connectivity index (χ4n) is 2.56. The largest absolute Gasteiger partial charge is 0.350 e. The summed E-state index contributed by atoms with van der Waals surface area (Å²) in [6, 6.07) is 2.48. The van der Waals surface area contributed by atoms with Gasteiger partial charge in [0.15, 0.2) is 0 Å². The van der Waals surface area contributed by atoms with Gasteiger partial charge < -0.3 is 10.2 Å². The van der Waals surface area contributed by atoms with Crippen molar-refractivity contribution in [3.05, 3.63) is 34.1 Å². The Kier molecular flexibility index (Phi) is 4.83. The number of amides is 2. The van der Waals surface area contributed by atoms with Crippen LogP contribution in [-0.2, 0) is 16.1 Å². The van der Waals surface area contributed by atoms with Gasteiger partial charge in [-0.25, -0.2) is 4.39 Å². The minimum atomic E-state index is -0.414. The Hall–Kier alpha value is -1.62. The van der Waals surface area contributed by atoms with Gasteiger partial charge in [-0.2, -0.15) is 0 Å². The van der Waals surface area contributed by atoms with Crippen LogP contribution in [0, 0.1) is 12.7 Å². The first-order chi connectivity index (χ1) is 9.95. The van der Waals surface area contributed by atoms with E-state index in [9.17, 15) is 14.0 Å². The number of hydrogen-bond donors (Lipinski definition) is 1. The lowest BCUT2D eigenvalue weighted by atomic mass is 10.1. The van der Waals surface area contributed by atoms with Crippen molar-refractivity contribution in [3.63, 3.8) is 0 Å². The minimum absolute atomic E-state index is 0.00769. The summed E-state index contributed by atoms with van der Waals surface area (Å²) in [4.78, 5) is 25.4. The van der Waals surface area contributed by atoms with Crippen LogP contribution in [0.2, 0.25) is 5.02 Å². The van der Waals surface area contributed by atoms with E-state index in [1.54, 1.807) is 17.9 Å². The van der Waals surface area contributed by atoms with Gasteiger partial charge in [0.2, 0.25) is 11.8 Å². The minimum Gasteiger partial charge on any atom is -0.350 e. The smallest absolute Gasteiger partial charge is 0.243 e. The number of hydrogen-bond acceptors (Lipinski definition) is 2. The van der Waals surface area contributed by atoms with Gasteiger partial charge in [-0.1, -0.05) is 17.7 Å². The molecule has 2 amide bonds. The van der Waals surface area contributed by atoms with Crippen molar-refractivity contribution >= 4 is 23.4 Å². The van der Waals surface area contributed by atoms with E-state index in [-0.39, 0.29) is 24.2 Å². The van der Waals surface area contributed by atoms with Crippen LogP contribution in [-0.4, -0.2) is 29.3 Å². The molecule has 1 aliphatic heterocycles. The normalized spacial score (nSPS) is 18.2. The third kappa shape index (κ3) is 3.18. The molecule has 0 aliphatic carbocycles. The van der Waals surface area contributed by atoms with Crippen molar-refractivity contribution < 1.29 is 14.0 Å². The van der Waals surface area contributed by atoms with Crippen LogP contribution < -0.4 is 5.32 Å². The average Bonchev–Trinajstić information content (AvgIpc) is 2.84. The molecule has 1 saturated heterocycles. The summed E-state index contributed by atoms with van der Waals surface area (Å²) in [6.07, 6.45) is 0.941. The molecule has 0 aromatic heterocycles. The lowest BCUT2D eigenvalue weighted by Crippen LogP contribution is -2.44. The molecule has 0 radical (unpaired) electrons. The molecule has 1 heterocycles. The maximum absolute atomic E-state index is 13.3. The van der Waals surface area contributed by atoms with E-state index in [4.69, 9.17) is 11.6 Å². The van der Waals surface area contributed by atoms with Crippen molar-refractivity contribution in [2.75, 3.05) is 6.54 Å². The molecule has 0 bridgehead atoms. The first kappa shape index (κ1) is 15.8. The lowest BCUT2D eigenvalue weighted by molar-refractivity contribution is -0.135. The topological polar surface area (TPSA) is 49.4 Å². The van der Waals surface area contributed by atoms with E-state index in [2.05, 4.69) is 5.32 Å². The van der Waals surface area contributed by atoms with Gasteiger partial charge in [-0.3, -0.25) is 9.59 Å². The van der Waals surface area contributed by atoms with E-state index < -0.39 is 6.04 Å². The molecule has 1 fully saturated rings. The molecule has 1 aromatic rings. The molecule has 1 aromatic carbocycles. The molecule has 1 aliphatic rings. The van der Waals surface area contributed by atoms with E-state index in [0.29, 0.717) is 35.5 Å². The van der Waals surface area contributed by atoms with Crippen LogP contribution in [0.4, 0.5) is 4.39 Å². The molecule has 1 N–H and O–H groups in total. The molecule has 21 heavy (non-hydrogen) atoms. The van der Waals surface area contributed by atoms with Gasteiger partial charge in [0, 0.05) is 25.1 Å². The quantitative estimate of drug-likeness (QED) is 0.928. The van der Waals surface area contributed by atoms with Crippen LogP contribution in [0.15, 0.2) is 12.1 Å². The number of carbonyl (C=O) groups excluding carboxylic acids is 2. The van der Waals surface area contributed by atoms with Gasteiger partial charge in [0.25, 0.3) is 0 Å². The summed E-state index contributed by atoms with van der Waals surface area (Å²) in [5.74, 6) is -0.553. The summed E-state index contributed by atoms with van der Waals surface area (Å²) >= 11 is 6.06. The monoisotopic (exact) mass is 312 g/mol. The second-order valence-electron chi connectivity index (χ2n) is 5.10. The first-order valence-corrected chi connectivity index (χ1v) is 7.34. The van der Waals surface area contributed by atoms with Gasteiger partial charge in [-0.05, 0) is 31.9 Å². The highest BCUT2D eigenvalue weighted by atomic mass is 35.5. The van der Waals surface area contributed by atoms with Crippen LogP contribution in [0.5, 0.6) is 0 Å². The number of benzene rings is 1. The first-order valence-electron chi connectivity index (χ1n) is 6.96. The van der Waals surface area contributed by atoms with Gasteiger partial charge in [0.1, 0.15) is 11.9 Å². The fourth-order valence-corrected chi connectivity index (χ4v) is 2.78. The third-order valence-corrected chi connectivity index (χ3v) is 4.35. The zero-order valence-corrected chi connectivity index (χ0v) is 12.8. The fraction of sp³-hybridized carbons (Fsp3) is 0.467. The standard InChI is InChI=1S/C15H18ClFN2O2/c1-3-19-12(6-7-13(19)20)15(21)18-8-10-4-5-11(17)9(2)14(10)16/h4-5,12H,3,6-8H2,1-2H3,(H,18,21). The number of likely N-dealkylation sites (N-methyl/N-ethyl adjacent to an activating group) is 1. The Morgan fingerprint density at radius 3 is 2.90 bits per heavy atom. The number of halogens is 2. The molecule has 2 rings (SSSR count). The average molecular weight is 313 g/mol. The molecule has 114 valence electrons. The second-order valence-corrected chi connectivity index (χ2v) is 5.48. The molecular formula is C15H18ClFN2O2. The van der Waals surface area contributed by atoms with Crippen molar-refractivity contribution in [2.24, 2.45) is 0 Å². The Balaban J connectivity index is 2.02. The Bertz CT molecular complexity index is 577. The van der Waals surface area contributed by atoms with Gasteiger partial charge in [-0.15, -0.1) is 0 Å². The van der Waals surface area contributed by atoms with E-state index in [1.165, 1.54) is 6.07 Å². The predicted molar refractivity (Wildman–Crippen MR) is 78.4 cm³/mol. The van der Waals surface area contributed by atoms with Gasteiger partial charge in [0.05, 0.1) is 5.02 Å². The Morgan fingerprint density at radius 1 is 1.52 bits per heavy atom. The van der Waals surface area contributed by atoms with E-state index >= 15 is 0 Å². The van der Waals surface area contributed by atoms with E-state index in [0.717, 1.165) is 0 Å². The van der Waals surface area contributed by atoms with Crippen LogP contribution >= 0.6 is 11.6 Å². The van der Waals surface area contributed by atoms with Crippen LogP contribution in [0.25, 0.3) is 0 Å². The zero-order valence-electron chi connectivity index (χ0n) is 12.1. The zero-order chi connectivity index (χ0) is 15.6. The summed E-state index contributed by atoms with van der Waals surface area (Å²) in [6.45, 7) is 4.19. The SMILES string of the molecule is CCN1C(=O)CCC1C(=O)NCc1ccc(F)c(C)c1Cl. The maximum atomic E-state index is 13.3. The molecule has 1 atom stereocenters. The van der Waals surface area contributed by atoms with E-state index in [1.807, 2.05) is 6.92 Å². The highest BCUT2D eigenvalue weighted by Gasteiger charge is 2.34. The van der Waals surface area contributed by atoms with Crippen molar-refractivity contribution in [1.29, 1.82) is 0 Å². The van der Waals surface area contributed by atoms with Crippen molar-refractivity contribution in [2.45, 2.75) is 39.3 Å². The molecule has 1 unspecified atom stereocenters. The predicted octanol–water partition coefficient (Wildman–Crippen LogP) is 2.41. The lowest BCUT2D eigenvalue weighted by Gasteiger charge is -2.22. The number of likely N-dealkylation sites (tertiary alicyclic amines) is 1. The number of carbonyl (C=O) groups is 2. The second kappa shape index (κ2) is 6.43. The van der Waals surface area contributed by atoms with Crippen molar-refractivity contribution in [1.82, 2.24) is 10.2 Å². The molecule has 0 spiro atoms. The number of rotatable bonds is 4. The van der Waals surface area contributed by atoms with Crippen LogP contribution in [0.3, 0.4) is 0 Å².